The van der Waals surface area contributed by atoms with Crippen molar-refractivity contribution < 1.29 is 0 Å². The lowest BCUT2D eigenvalue weighted by Crippen LogP contribution is -2.31. The molecule has 0 heterocycles. The van der Waals surface area contributed by atoms with Gasteiger partial charge in [-0.2, -0.15) is 0 Å². The van der Waals surface area contributed by atoms with Crippen LogP contribution < -0.4 is 0 Å². The average molecular weight is 212 g/mol. The third-order valence-electron chi connectivity index (χ3n) is 2.72. The van der Waals surface area contributed by atoms with E-state index in [1.54, 1.807) is 0 Å². The molecule has 1 atom stereocenters. The molecule has 0 bridgehead atoms. The van der Waals surface area contributed by atoms with E-state index in [4.69, 9.17) is 0 Å². The number of allylic oxidation sites excluding steroid dienone is 2. The van der Waals surface area contributed by atoms with Gasteiger partial charge in [0, 0.05) is 19.6 Å². The van der Waals surface area contributed by atoms with Gasteiger partial charge in [-0.05, 0) is 47.3 Å². The Morgan fingerprint density at radius 1 is 1.20 bits per heavy atom. The Balaban J connectivity index is 3.71. The zero-order chi connectivity index (χ0) is 11.8. The highest BCUT2D eigenvalue weighted by Crippen LogP contribution is 2.11. The Hall–Kier alpha value is -0.340. The van der Waals surface area contributed by atoms with Crippen molar-refractivity contribution in [2.45, 2.75) is 27.2 Å². The number of rotatable bonds is 7. The molecule has 0 N–H and O–H groups in total. The molecule has 0 fully saturated rings. The van der Waals surface area contributed by atoms with Gasteiger partial charge in [0.05, 0.1) is 0 Å². The first-order valence-corrected chi connectivity index (χ1v) is 5.90. The van der Waals surface area contributed by atoms with Crippen LogP contribution in [0.25, 0.3) is 0 Å². The topological polar surface area (TPSA) is 6.48 Å². The van der Waals surface area contributed by atoms with Crippen molar-refractivity contribution in [1.82, 2.24) is 9.80 Å². The van der Waals surface area contributed by atoms with Gasteiger partial charge in [0.1, 0.15) is 0 Å². The summed E-state index contributed by atoms with van der Waals surface area (Å²) >= 11 is 0. The van der Waals surface area contributed by atoms with Gasteiger partial charge >= 0.3 is 0 Å². The fourth-order valence-electron chi connectivity index (χ4n) is 1.73. The van der Waals surface area contributed by atoms with Gasteiger partial charge in [0.2, 0.25) is 0 Å². The van der Waals surface area contributed by atoms with Crippen LogP contribution in [-0.4, -0.2) is 50.6 Å². The predicted molar refractivity (Wildman–Crippen MR) is 69.3 cm³/mol. The van der Waals surface area contributed by atoms with Crippen LogP contribution in [0, 0.1) is 5.92 Å². The Morgan fingerprint density at radius 3 is 2.27 bits per heavy atom. The van der Waals surface area contributed by atoms with E-state index in [9.17, 15) is 0 Å². The second-order valence-corrected chi connectivity index (χ2v) is 5.01. The highest BCUT2D eigenvalue weighted by Gasteiger charge is 2.06. The lowest BCUT2D eigenvalue weighted by Gasteiger charge is -2.23. The first kappa shape index (κ1) is 14.7. The molecule has 0 aromatic rings. The monoisotopic (exact) mass is 212 g/mol. The molecule has 2 nitrogen and oxygen atoms in total. The van der Waals surface area contributed by atoms with E-state index in [1.807, 2.05) is 0 Å². The van der Waals surface area contributed by atoms with Crippen molar-refractivity contribution in [3.8, 4) is 0 Å². The molecular weight excluding hydrogens is 184 g/mol. The van der Waals surface area contributed by atoms with E-state index in [-0.39, 0.29) is 0 Å². The highest BCUT2D eigenvalue weighted by molar-refractivity contribution is 4.96. The van der Waals surface area contributed by atoms with Gasteiger partial charge in [0.25, 0.3) is 0 Å². The number of hydrogen-bond donors (Lipinski definition) is 0. The molecule has 0 aliphatic carbocycles. The molecular formula is C13H28N2. The van der Waals surface area contributed by atoms with E-state index in [0.717, 1.165) is 19.0 Å². The van der Waals surface area contributed by atoms with E-state index >= 15 is 0 Å². The van der Waals surface area contributed by atoms with Gasteiger partial charge < -0.3 is 9.80 Å². The summed E-state index contributed by atoms with van der Waals surface area (Å²) in [4.78, 5) is 4.66. The Kier molecular flexibility index (Phi) is 7.71. The molecule has 0 aliphatic heterocycles. The number of nitrogens with zero attached hydrogens (tertiary/aromatic N) is 2. The third-order valence-corrected chi connectivity index (χ3v) is 2.72. The van der Waals surface area contributed by atoms with E-state index < -0.39 is 0 Å². The van der Waals surface area contributed by atoms with E-state index in [0.29, 0.717) is 0 Å². The van der Waals surface area contributed by atoms with Crippen LogP contribution in [0.15, 0.2) is 11.6 Å². The van der Waals surface area contributed by atoms with Crippen LogP contribution in [0.3, 0.4) is 0 Å². The van der Waals surface area contributed by atoms with Crippen molar-refractivity contribution in [3.63, 3.8) is 0 Å². The van der Waals surface area contributed by atoms with E-state index in [2.05, 4.69) is 57.8 Å². The van der Waals surface area contributed by atoms with Crippen LogP contribution in [0.5, 0.6) is 0 Å². The molecule has 0 radical (unpaired) electrons. The lowest BCUT2D eigenvalue weighted by atomic mass is 10.0. The van der Waals surface area contributed by atoms with Gasteiger partial charge in [-0.15, -0.1) is 0 Å². The molecule has 0 amide bonds. The summed E-state index contributed by atoms with van der Waals surface area (Å²) in [7, 11) is 6.47. The first-order valence-electron chi connectivity index (χ1n) is 5.90. The largest absolute Gasteiger partial charge is 0.308 e. The van der Waals surface area contributed by atoms with Gasteiger partial charge in [0.15, 0.2) is 0 Å². The molecule has 0 aromatic carbocycles. The molecule has 90 valence electrons. The van der Waals surface area contributed by atoms with Crippen LogP contribution in [0.2, 0.25) is 0 Å². The number of likely N-dealkylation sites (N-methyl/N-ethyl adjacent to an activating group) is 2. The standard InChI is InChI=1S/C13H28N2/c1-7-12(2)10-13(3)11-15(6)9-8-14(4)5/h7,13H,8-11H2,1-6H3/b12-7-. The SMILES string of the molecule is C/C=C(/C)CC(C)CN(C)CCN(C)C. The predicted octanol–water partition coefficient (Wildman–Crippen LogP) is 2.47. The summed E-state index contributed by atoms with van der Waals surface area (Å²) < 4.78 is 0. The maximum absolute atomic E-state index is 2.42. The molecule has 15 heavy (non-hydrogen) atoms. The minimum absolute atomic E-state index is 0.758. The smallest absolute Gasteiger partial charge is 0.0106 e. The van der Waals surface area contributed by atoms with Crippen molar-refractivity contribution in [2.24, 2.45) is 5.92 Å². The highest BCUT2D eigenvalue weighted by atomic mass is 15.1. The second-order valence-electron chi connectivity index (χ2n) is 5.01. The molecule has 0 aromatic heterocycles. The zero-order valence-corrected chi connectivity index (χ0v) is 11.4. The van der Waals surface area contributed by atoms with Crippen LogP contribution in [0.4, 0.5) is 0 Å². The Labute approximate surface area is 95.9 Å². The van der Waals surface area contributed by atoms with Crippen molar-refractivity contribution in [1.29, 1.82) is 0 Å². The van der Waals surface area contributed by atoms with Gasteiger partial charge in [-0.25, -0.2) is 0 Å². The summed E-state index contributed by atoms with van der Waals surface area (Å²) in [6.45, 7) is 10.2. The van der Waals surface area contributed by atoms with Crippen LogP contribution >= 0.6 is 0 Å². The summed E-state index contributed by atoms with van der Waals surface area (Å²) in [6.07, 6.45) is 3.44. The van der Waals surface area contributed by atoms with Crippen molar-refractivity contribution >= 4 is 0 Å². The molecule has 0 aliphatic rings. The van der Waals surface area contributed by atoms with Gasteiger partial charge in [-0.1, -0.05) is 18.6 Å². The van der Waals surface area contributed by atoms with Crippen LogP contribution in [-0.2, 0) is 0 Å². The maximum Gasteiger partial charge on any atom is 0.0106 e. The molecule has 0 spiro atoms. The fourth-order valence-corrected chi connectivity index (χ4v) is 1.73. The molecule has 1 unspecified atom stereocenters. The minimum atomic E-state index is 0.758. The van der Waals surface area contributed by atoms with Crippen LogP contribution in [0.1, 0.15) is 27.2 Å². The minimum Gasteiger partial charge on any atom is -0.308 e. The molecule has 0 saturated carbocycles. The Bertz CT molecular complexity index is 185. The zero-order valence-electron chi connectivity index (χ0n) is 11.4. The Morgan fingerprint density at radius 2 is 1.80 bits per heavy atom. The van der Waals surface area contributed by atoms with E-state index in [1.165, 1.54) is 18.5 Å². The van der Waals surface area contributed by atoms with Crippen molar-refractivity contribution in [3.05, 3.63) is 11.6 Å². The molecule has 0 saturated heterocycles. The lowest BCUT2D eigenvalue weighted by molar-refractivity contribution is 0.252. The normalized spacial score (nSPS) is 15.1. The van der Waals surface area contributed by atoms with Gasteiger partial charge in [-0.3, -0.25) is 0 Å². The molecule has 0 rings (SSSR count). The fraction of sp³-hybridized carbons (Fsp3) is 0.846. The first-order chi connectivity index (χ1) is 6.95. The quantitative estimate of drug-likeness (QED) is 0.598. The third kappa shape index (κ3) is 8.64. The summed E-state index contributed by atoms with van der Waals surface area (Å²) in [6, 6.07) is 0. The second kappa shape index (κ2) is 7.89. The average Bonchev–Trinajstić information content (AvgIpc) is 2.14. The number of hydrogen-bond acceptors (Lipinski definition) is 2. The summed E-state index contributed by atoms with van der Waals surface area (Å²) in [5.41, 5.74) is 1.50. The van der Waals surface area contributed by atoms with Crippen molar-refractivity contribution in [2.75, 3.05) is 40.8 Å². The summed E-state index contributed by atoms with van der Waals surface area (Å²) in [5.74, 6) is 0.758. The maximum atomic E-state index is 2.42. The molecule has 2 heteroatoms. The summed E-state index contributed by atoms with van der Waals surface area (Å²) in [5, 5.41) is 0.